The highest BCUT2D eigenvalue weighted by Gasteiger charge is 2.20. The minimum absolute atomic E-state index is 0.0125. The van der Waals surface area contributed by atoms with Crippen molar-refractivity contribution in [2.75, 3.05) is 26.5 Å². The van der Waals surface area contributed by atoms with Gasteiger partial charge in [-0.15, -0.1) is 0 Å². The molecule has 0 aromatic heterocycles. The van der Waals surface area contributed by atoms with E-state index in [0.717, 1.165) is 0 Å². The minimum Gasteiger partial charge on any atom is -0.493 e. The topological polar surface area (TPSA) is 93.7 Å². The molecule has 1 amide bonds. The summed E-state index contributed by atoms with van der Waals surface area (Å²) in [5.74, 6) is 0.378. The lowest BCUT2D eigenvalue weighted by atomic mass is 10.1. The lowest BCUT2D eigenvalue weighted by molar-refractivity contribution is 0.0955. The Balaban J connectivity index is 2.64. The number of carbonyl (C=O) groups is 1. The van der Waals surface area contributed by atoms with Crippen LogP contribution in [-0.4, -0.2) is 46.4 Å². The summed E-state index contributed by atoms with van der Waals surface area (Å²) < 4.78 is 36.5. The summed E-state index contributed by atoms with van der Waals surface area (Å²) in [7, 11) is -0.469. The highest BCUT2D eigenvalue weighted by atomic mass is 32.2. The van der Waals surface area contributed by atoms with Gasteiger partial charge in [0.1, 0.15) is 0 Å². The van der Waals surface area contributed by atoms with Crippen LogP contribution in [0.5, 0.6) is 11.5 Å². The quantitative estimate of drug-likeness (QED) is 0.774. The molecule has 0 fully saturated rings. The molecule has 1 aromatic rings. The van der Waals surface area contributed by atoms with E-state index < -0.39 is 15.6 Å². The molecule has 0 atom stereocenters. The normalized spacial score (nSPS) is 11.9. The van der Waals surface area contributed by atoms with Crippen LogP contribution >= 0.6 is 0 Å². The lowest BCUT2D eigenvalue weighted by Gasteiger charge is -2.20. The van der Waals surface area contributed by atoms with Crippen molar-refractivity contribution in [3.63, 3.8) is 0 Å². The van der Waals surface area contributed by atoms with Gasteiger partial charge >= 0.3 is 0 Å². The van der Waals surface area contributed by atoms with Crippen molar-refractivity contribution in [3.05, 3.63) is 23.8 Å². The van der Waals surface area contributed by atoms with E-state index >= 15 is 0 Å². The van der Waals surface area contributed by atoms with Crippen LogP contribution in [0.25, 0.3) is 0 Å². The first kappa shape index (κ1) is 19.2. The van der Waals surface area contributed by atoms with Crippen molar-refractivity contribution in [2.24, 2.45) is 0 Å². The Kier molecular flexibility index (Phi) is 6.40. The predicted octanol–water partition coefficient (Wildman–Crippen LogP) is 1.15. The van der Waals surface area contributed by atoms with Gasteiger partial charge in [0.05, 0.1) is 20.0 Å². The zero-order valence-electron chi connectivity index (χ0n) is 14.1. The third-order valence-corrected chi connectivity index (χ3v) is 4.43. The smallest absolute Gasteiger partial charge is 0.251 e. The first-order valence-electron chi connectivity index (χ1n) is 7.10. The number of ether oxygens (including phenoxy) is 2. The number of benzene rings is 1. The predicted molar refractivity (Wildman–Crippen MR) is 88.6 cm³/mol. The maximum atomic E-state index is 12.1. The Morgan fingerprint density at radius 1 is 1.13 bits per heavy atom. The third kappa shape index (κ3) is 6.45. The van der Waals surface area contributed by atoms with E-state index in [2.05, 4.69) is 10.0 Å². The van der Waals surface area contributed by atoms with Gasteiger partial charge in [-0.25, -0.2) is 13.1 Å². The Morgan fingerprint density at radius 2 is 1.74 bits per heavy atom. The van der Waals surface area contributed by atoms with Gasteiger partial charge in [-0.05, 0) is 39.0 Å². The largest absolute Gasteiger partial charge is 0.493 e. The van der Waals surface area contributed by atoms with Crippen LogP contribution in [0, 0.1) is 0 Å². The van der Waals surface area contributed by atoms with Crippen LogP contribution < -0.4 is 19.5 Å². The molecule has 0 radical (unpaired) electrons. The molecule has 0 spiro atoms. The second-order valence-corrected chi connectivity index (χ2v) is 7.84. The summed E-state index contributed by atoms with van der Waals surface area (Å²) in [6, 6.07) is 4.74. The van der Waals surface area contributed by atoms with Crippen molar-refractivity contribution >= 4 is 15.9 Å². The molecule has 0 aliphatic carbocycles. The van der Waals surface area contributed by atoms with E-state index in [1.54, 1.807) is 32.9 Å². The summed E-state index contributed by atoms with van der Waals surface area (Å²) in [5.41, 5.74) is -0.185. The second-order valence-electron chi connectivity index (χ2n) is 6.00. The fraction of sp³-hybridized carbons (Fsp3) is 0.533. The Hall–Kier alpha value is -1.80. The number of methoxy groups -OCH3 is 2. The fourth-order valence-corrected chi connectivity index (χ4v) is 3.30. The molecule has 1 rings (SSSR count). The summed E-state index contributed by atoms with van der Waals surface area (Å²) in [6.45, 7) is 5.28. The number of hydrogen-bond donors (Lipinski definition) is 2. The van der Waals surface area contributed by atoms with Gasteiger partial charge in [0.2, 0.25) is 10.0 Å². The van der Waals surface area contributed by atoms with Crippen molar-refractivity contribution in [2.45, 2.75) is 26.3 Å². The number of amides is 1. The Bertz CT molecular complexity index is 650. The van der Waals surface area contributed by atoms with E-state index in [1.807, 2.05) is 0 Å². The van der Waals surface area contributed by atoms with Gasteiger partial charge in [-0.1, -0.05) is 0 Å². The highest BCUT2D eigenvalue weighted by Crippen LogP contribution is 2.27. The van der Waals surface area contributed by atoms with Gasteiger partial charge in [-0.3, -0.25) is 4.79 Å². The molecule has 1 aromatic carbocycles. The molecule has 0 saturated heterocycles. The summed E-state index contributed by atoms with van der Waals surface area (Å²) in [6.07, 6.45) is 0. The molecule has 0 heterocycles. The summed E-state index contributed by atoms with van der Waals surface area (Å²) >= 11 is 0. The van der Waals surface area contributed by atoms with Gasteiger partial charge < -0.3 is 14.8 Å². The average molecular weight is 344 g/mol. The van der Waals surface area contributed by atoms with Gasteiger partial charge in [0.15, 0.2) is 11.5 Å². The van der Waals surface area contributed by atoms with E-state index in [1.165, 1.54) is 20.3 Å². The summed E-state index contributed by atoms with van der Waals surface area (Å²) in [5, 5.41) is 2.58. The number of rotatable bonds is 7. The fourth-order valence-electron chi connectivity index (χ4n) is 1.90. The molecule has 7 nitrogen and oxygen atoms in total. The second kappa shape index (κ2) is 7.65. The maximum Gasteiger partial charge on any atom is 0.251 e. The van der Waals surface area contributed by atoms with Crippen LogP contribution in [-0.2, 0) is 10.0 Å². The van der Waals surface area contributed by atoms with Crippen molar-refractivity contribution in [3.8, 4) is 11.5 Å². The van der Waals surface area contributed by atoms with Crippen molar-refractivity contribution < 1.29 is 22.7 Å². The number of carbonyl (C=O) groups excluding carboxylic acids is 1. The molecule has 130 valence electrons. The molecule has 0 bridgehead atoms. The molecular formula is C15H24N2O5S. The lowest BCUT2D eigenvalue weighted by Crippen LogP contribution is -2.43. The van der Waals surface area contributed by atoms with E-state index in [0.29, 0.717) is 17.1 Å². The Morgan fingerprint density at radius 3 is 2.26 bits per heavy atom. The average Bonchev–Trinajstić information content (AvgIpc) is 2.43. The van der Waals surface area contributed by atoms with Crippen LogP contribution in [0.2, 0.25) is 0 Å². The van der Waals surface area contributed by atoms with Gasteiger partial charge in [-0.2, -0.15) is 0 Å². The minimum atomic E-state index is -3.45. The molecule has 0 saturated carbocycles. The van der Waals surface area contributed by atoms with Gasteiger partial charge in [0.25, 0.3) is 5.91 Å². The van der Waals surface area contributed by atoms with Gasteiger partial charge in [0, 0.05) is 17.6 Å². The monoisotopic (exact) mass is 344 g/mol. The van der Waals surface area contributed by atoms with E-state index in [9.17, 15) is 13.2 Å². The van der Waals surface area contributed by atoms with E-state index in [-0.39, 0.29) is 18.2 Å². The van der Waals surface area contributed by atoms with Crippen LogP contribution in [0.15, 0.2) is 18.2 Å². The SMILES string of the molecule is COc1ccc(C(=O)NCCS(=O)(=O)NC(C)(C)C)cc1OC. The van der Waals surface area contributed by atoms with E-state index in [4.69, 9.17) is 9.47 Å². The molecule has 0 unspecified atom stereocenters. The van der Waals surface area contributed by atoms with Crippen molar-refractivity contribution in [1.82, 2.24) is 10.0 Å². The van der Waals surface area contributed by atoms with Crippen LogP contribution in [0.4, 0.5) is 0 Å². The number of nitrogens with one attached hydrogen (secondary N) is 2. The molecule has 23 heavy (non-hydrogen) atoms. The first-order chi connectivity index (χ1) is 10.6. The number of sulfonamides is 1. The zero-order valence-corrected chi connectivity index (χ0v) is 14.9. The third-order valence-electron chi connectivity index (χ3n) is 2.76. The zero-order chi connectivity index (χ0) is 17.7. The molecule has 2 N–H and O–H groups in total. The first-order valence-corrected chi connectivity index (χ1v) is 8.75. The molecular weight excluding hydrogens is 320 g/mol. The molecule has 8 heteroatoms. The molecule has 0 aliphatic rings. The molecule has 0 aliphatic heterocycles. The summed E-state index contributed by atoms with van der Waals surface area (Å²) in [4.78, 5) is 12.1. The Labute approximate surface area is 137 Å². The maximum absolute atomic E-state index is 12.1. The number of hydrogen-bond acceptors (Lipinski definition) is 5. The van der Waals surface area contributed by atoms with Crippen molar-refractivity contribution in [1.29, 1.82) is 0 Å². The van der Waals surface area contributed by atoms with Crippen LogP contribution in [0.3, 0.4) is 0 Å². The standard InChI is InChI=1S/C15H24N2O5S/c1-15(2,3)17-23(19,20)9-8-16-14(18)11-6-7-12(21-4)13(10-11)22-5/h6-7,10,17H,8-9H2,1-5H3,(H,16,18). The highest BCUT2D eigenvalue weighted by molar-refractivity contribution is 7.89. The van der Waals surface area contributed by atoms with Crippen LogP contribution in [0.1, 0.15) is 31.1 Å².